The Bertz CT molecular complexity index is 1120. The average molecular weight is 443 g/mol. The Hall–Kier alpha value is -3.46. The fraction of sp³-hybridized carbons (Fsp3) is 0.348. The number of aromatic nitrogens is 1. The molecule has 2 heterocycles. The van der Waals surface area contributed by atoms with Gasteiger partial charge in [-0.1, -0.05) is 18.2 Å². The number of aromatic amines is 1. The van der Waals surface area contributed by atoms with Crippen LogP contribution in [0.25, 0.3) is 5.76 Å². The Morgan fingerprint density at radius 1 is 1.25 bits per heavy atom. The minimum atomic E-state index is -1.11. The molecule has 1 amide bonds. The van der Waals surface area contributed by atoms with E-state index in [1.54, 1.807) is 19.9 Å². The van der Waals surface area contributed by atoms with Crippen LogP contribution in [0.4, 0.5) is 4.39 Å². The van der Waals surface area contributed by atoms with E-state index >= 15 is 0 Å². The standard InChI is InChI=1S/C23H26FN3O5/c1-12-16(13(2)25-18(12)23(31)32-5)20(28)17-19(14-8-6-7-9-15(14)24)27(11-10-26(3)4)22(30)21(17)29/h6-9,19,25,28H,10-11H2,1-5H3. The molecule has 1 aliphatic rings. The molecule has 1 aromatic carbocycles. The second-order valence-corrected chi connectivity index (χ2v) is 7.93. The summed E-state index contributed by atoms with van der Waals surface area (Å²) in [5.41, 5.74) is 0.977. The highest BCUT2D eigenvalue weighted by molar-refractivity contribution is 6.46. The van der Waals surface area contributed by atoms with E-state index in [0.717, 1.165) is 0 Å². The van der Waals surface area contributed by atoms with E-state index in [1.807, 2.05) is 19.0 Å². The number of carbonyl (C=O) groups is 3. The first-order chi connectivity index (χ1) is 15.1. The van der Waals surface area contributed by atoms with Crippen LogP contribution < -0.4 is 0 Å². The molecular weight excluding hydrogens is 417 g/mol. The van der Waals surface area contributed by atoms with Crippen LogP contribution in [0.5, 0.6) is 0 Å². The SMILES string of the molecule is COC(=O)c1[nH]c(C)c(C(O)=C2C(=O)C(=O)N(CCN(C)C)C2c2ccccc2F)c1C. The molecule has 2 aromatic rings. The smallest absolute Gasteiger partial charge is 0.354 e. The summed E-state index contributed by atoms with van der Waals surface area (Å²) in [5.74, 6) is -3.43. The molecule has 9 heteroatoms. The Balaban J connectivity index is 2.24. The number of amides is 1. The van der Waals surface area contributed by atoms with Crippen molar-refractivity contribution in [2.45, 2.75) is 19.9 Å². The van der Waals surface area contributed by atoms with Crippen LogP contribution in [0.3, 0.4) is 0 Å². The number of aliphatic hydroxyl groups excluding tert-OH is 1. The van der Waals surface area contributed by atoms with Crippen molar-refractivity contribution in [3.05, 3.63) is 63.7 Å². The zero-order valence-corrected chi connectivity index (χ0v) is 18.7. The number of methoxy groups -OCH3 is 1. The van der Waals surface area contributed by atoms with Gasteiger partial charge in [0.2, 0.25) is 0 Å². The van der Waals surface area contributed by atoms with Gasteiger partial charge in [0.1, 0.15) is 17.3 Å². The Labute approximate surface area is 185 Å². The number of ether oxygens (including phenoxy) is 1. The van der Waals surface area contributed by atoms with Crippen molar-refractivity contribution >= 4 is 23.4 Å². The number of ketones is 1. The third kappa shape index (κ3) is 3.91. The van der Waals surface area contributed by atoms with Gasteiger partial charge >= 0.3 is 5.97 Å². The van der Waals surface area contributed by atoms with E-state index in [0.29, 0.717) is 17.8 Å². The number of aryl methyl sites for hydroxylation is 1. The number of H-pyrrole nitrogens is 1. The van der Waals surface area contributed by atoms with Crippen LogP contribution in [-0.2, 0) is 14.3 Å². The topological polar surface area (TPSA) is 103 Å². The zero-order chi connectivity index (χ0) is 23.7. The molecule has 0 spiro atoms. The molecule has 0 saturated carbocycles. The van der Waals surface area contributed by atoms with Crippen LogP contribution in [-0.4, -0.2) is 71.8 Å². The number of Topliss-reactive ketones (excluding diaryl/α,β-unsaturated/α-hetero) is 1. The summed E-state index contributed by atoms with van der Waals surface area (Å²) >= 11 is 0. The van der Waals surface area contributed by atoms with Gasteiger partial charge in [-0.2, -0.15) is 0 Å². The van der Waals surface area contributed by atoms with E-state index in [-0.39, 0.29) is 28.9 Å². The lowest BCUT2D eigenvalue weighted by atomic mass is 9.93. The highest BCUT2D eigenvalue weighted by Crippen LogP contribution is 2.41. The fourth-order valence-corrected chi connectivity index (χ4v) is 3.98. The predicted octanol–water partition coefficient (Wildman–Crippen LogP) is 2.54. The molecule has 8 nitrogen and oxygen atoms in total. The second-order valence-electron chi connectivity index (χ2n) is 7.93. The number of halogens is 1. The number of aliphatic hydroxyl groups is 1. The van der Waals surface area contributed by atoms with Gasteiger partial charge in [-0.05, 0) is 39.6 Å². The normalized spacial score (nSPS) is 18.0. The molecule has 1 unspecified atom stereocenters. The number of benzene rings is 1. The van der Waals surface area contributed by atoms with Crippen LogP contribution in [0.1, 0.15) is 38.9 Å². The van der Waals surface area contributed by atoms with Crippen molar-refractivity contribution in [2.75, 3.05) is 34.3 Å². The van der Waals surface area contributed by atoms with Crippen molar-refractivity contribution in [1.29, 1.82) is 0 Å². The molecule has 0 bridgehead atoms. The Morgan fingerprint density at radius 2 is 1.91 bits per heavy atom. The predicted molar refractivity (Wildman–Crippen MR) is 116 cm³/mol. The average Bonchev–Trinajstić information content (AvgIpc) is 3.18. The van der Waals surface area contributed by atoms with Crippen molar-refractivity contribution in [2.24, 2.45) is 0 Å². The minimum absolute atomic E-state index is 0.103. The Kier molecular flexibility index (Phi) is 6.50. The van der Waals surface area contributed by atoms with Gasteiger partial charge in [0.15, 0.2) is 0 Å². The maximum Gasteiger partial charge on any atom is 0.354 e. The van der Waals surface area contributed by atoms with Crippen molar-refractivity contribution < 1.29 is 28.6 Å². The van der Waals surface area contributed by atoms with E-state index in [9.17, 15) is 23.9 Å². The van der Waals surface area contributed by atoms with E-state index in [4.69, 9.17) is 4.74 Å². The number of nitrogens with zero attached hydrogens (tertiary/aromatic N) is 2. The molecule has 0 radical (unpaired) electrons. The molecule has 170 valence electrons. The van der Waals surface area contributed by atoms with Crippen LogP contribution >= 0.6 is 0 Å². The fourth-order valence-electron chi connectivity index (χ4n) is 3.98. The summed E-state index contributed by atoms with van der Waals surface area (Å²) in [5, 5.41) is 11.2. The Morgan fingerprint density at radius 3 is 2.50 bits per heavy atom. The molecule has 3 rings (SSSR count). The quantitative estimate of drug-likeness (QED) is 0.308. The maximum absolute atomic E-state index is 14.8. The van der Waals surface area contributed by atoms with E-state index < -0.39 is 35.3 Å². The number of likely N-dealkylation sites (N-methyl/N-ethyl adjacent to an activating group) is 1. The third-order valence-electron chi connectivity index (χ3n) is 5.59. The first kappa shape index (κ1) is 23.2. The van der Waals surface area contributed by atoms with Gasteiger partial charge in [0, 0.05) is 29.9 Å². The molecule has 2 N–H and O–H groups in total. The van der Waals surface area contributed by atoms with Crippen molar-refractivity contribution in [1.82, 2.24) is 14.8 Å². The lowest BCUT2D eigenvalue weighted by Gasteiger charge is -2.26. The van der Waals surface area contributed by atoms with Crippen LogP contribution in [0, 0.1) is 19.7 Å². The van der Waals surface area contributed by atoms with Gasteiger partial charge in [-0.3, -0.25) is 9.59 Å². The first-order valence-corrected chi connectivity index (χ1v) is 10.1. The molecule has 1 aromatic heterocycles. The first-order valence-electron chi connectivity index (χ1n) is 10.1. The van der Waals surface area contributed by atoms with Gasteiger partial charge in [-0.15, -0.1) is 0 Å². The maximum atomic E-state index is 14.8. The number of rotatable bonds is 6. The van der Waals surface area contributed by atoms with Crippen molar-refractivity contribution in [3.63, 3.8) is 0 Å². The van der Waals surface area contributed by atoms with Gasteiger partial charge in [0.25, 0.3) is 11.7 Å². The molecule has 1 aliphatic heterocycles. The number of likely N-dealkylation sites (tertiary alicyclic amines) is 1. The summed E-state index contributed by atoms with van der Waals surface area (Å²) in [6.45, 7) is 3.80. The summed E-state index contributed by atoms with van der Waals surface area (Å²) in [4.78, 5) is 44.0. The minimum Gasteiger partial charge on any atom is -0.507 e. The molecular formula is C23H26FN3O5. The largest absolute Gasteiger partial charge is 0.507 e. The summed E-state index contributed by atoms with van der Waals surface area (Å²) in [7, 11) is 4.86. The number of hydrogen-bond donors (Lipinski definition) is 2. The molecule has 0 aliphatic carbocycles. The number of nitrogens with one attached hydrogen (secondary N) is 1. The molecule has 32 heavy (non-hydrogen) atoms. The zero-order valence-electron chi connectivity index (χ0n) is 18.7. The number of hydrogen-bond acceptors (Lipinski definition) is 6. The monoisotopic (exact) mass is 443 g/mol. The van der Waals surface area contributed by atoms with E-state index in [1.165, 1.54) is 30.2 Å². The summed E-state index contributed by atoms with van der Waals surface area (Å²) < 4.78 is 19.5. The number of carbonyl (C=O) groups excluding carboxylic acids is 3. The molecule has 1 saturated heterocycles. The van der Waals surface area contributed by atoms with Crippen LogP contribution in [0.2, 0.25) is 0 Å². The summed E-state index contributed by atoms with van der Waals surface area (Å²) in [6, 6.07) is 4.73. The van der Waals surface area contributed by atoms with Gasteiger partial charge in [-0.25, -0.2) is 9.18 Å². The highest BCUT2D eigenvalue weighted by atomic mass is 19.1. The highest BCUT2D eigenvalue weighted by Gasteiger charge is 2.47. The van der Waals surface area contributed by atoms with Gasteiger partial charge < -0.3 is 24.6 Å². The number of esters is 1. The second kappa shape index (κ2) is 8.96. The molecule has 1 atom stereocenters. The lowest BCUT2D eigenvalue weighted by molar-refractivity contribution is -0.140. The molecule has 1 fully saturated rings. The van der Waals surface area contributed by atoms with Crippen molar-refractivity contribution in [3.8, 4) is 0 Å². The van der Waals surface area contributed by atoms with Gasteiger partial charge in [0.05, 0.1) is 18.7 Å². The lowest BCUT2D eigenvalue weighted by Crippen LogP contribution is -2.35. The summed E-state index contributed by atoms with van der Waals surface area (Å²) in [6.07, 6.45) is 0. The van der Waals surface area contributed by atoms with E-state index in [2.05, 4.69) is 4.98 Å². The third-order valence-corrected chi connectivity index (χ3v) is 5.59. The van der Waals surface area contributed by atoms with Crippen LogP contribution in [0.15, 0.2) is 29.8 Å².